The zero-order valence-corrected chi connectivity index (χ0v) is 17.4. The molecule has 0 fully saturated rings. The number of carbonyl (C=O) groups excluding carboxylic acids is 2. The van der Waals surface area contributed by atoms with Gasteiger partial charge in [0, 0.05) is 17.5 Å². The molecule has 1 aromatic heterocycles. The van der Waals surface area contributed by atoms with Gasteiger partial charge in [-0.1, -0.05) is 0 Å². The van der Waals surface area contributed by atoms with E-state index in [1.165, 1.54) is 30.3 Å². The van der Waals surface area contributed by atoms with E-state index in [9.17, 15) is 14.8 Å². The topological polar surface area (TPSA) is 113 Å². The maximum atomic E-state index is 12.4. The van der Waals surface area contributed by atoms with Gasteiger partial charge in [0.05, 0.1) is 16.1 Å². The van der Waals surface area contributed by atoms with Crippen LogP contribution in [0.5, 0.6) is 5.75 Å². The number of furan rings is 1. The summed E-state index contributed by atoms with van der Waals surface area (Å²) in [6.45, 7) is 5.14. The number of hydrogen-bond acceptors (Lipinski definition) is 7. The van der Waals surface area contributed by atoms with E-state index >= 15 is 0 Å². The number of hydrogen-bond donors (Lipinski definition) is 2. The molecule has 3 rings (SSSR count). The lowest BCUT2D eigenvalue weighted by molar-refractivity contribution is -0.991. The minimum absolute atomic E-state index is 0.0614. The highest BCUT2D eigenvalue weighted by atomic mass is 79.9. The predicted molar refractivity (Wildman–Crippen MR) is 106 cm³/mol. The molecule has 1 heterocycles. The van der Waals surface area contributed by atoms with Crippen molar-refractivity contribution in [1.29, 1.82) is 0 Å². The van der Waals surface area contributed by atoms with Crippen LogP contribution in [0.15, 0.2) is 45.3 Å². The lowest BCUT2D eigenvalue weighted by Gasteiger charge is -2.11. The van der Waals surface area contributed by atoms with Crippen LogP contribution in [-0.4, -0.2) is 23.2 Å². The molecule has 1 unspecified atom stereocenters. The van der Waals surface area contributed by atoms with Gasteiger partial charge < -0.3 is 19.1 Å². The molecule has 0 spiro atoms. The highest BCUT2D eigenvalue weighted by Crippen LogP contribution is 2.35. The van der Waals surface area contributed by atoms with Crippen LogP contribution in [0.2, 0.25) is 0 Å². The summed E-state index contributed by atoms with van der Waals surface area (Å²) >= 11 is 3.33. The molecule has 0 amide bonds. The van der Waals surface area contributed by atoms with Gasteiger partial charge in [0.15, 0.2) is 5.69 Å². The van der Waals surface area contributed by atoms with E-state index in [1.807, 2.05) is 0 Å². The van der Waals surface area contributed by atoms with E-state index in [4.69, 9.17) is 19.1 Å². The van der Waals surface area contributed by atoms with E-state index < -0.39 is 17.2 Å². The zero-order chi connectivity index (χ0) is 21.3. The fourth-order valence-electron chi connectivity index (χ4n) is 2.73. The van der Waals surface area contributed by atoms with E-state index in [2.05, 4.69) is 15.9 Å². The molecule has 0 aliphatic carbocycles. The average Bonchev–Trinajstić information content (AvgIpc) is 2.96. The molecule has 3 aromatic rings. The van der Waals surface area contributed by atoms with Gasteiger partial charge in [-0.2, -0.15) is 5.23 Å². The van der Waals surface area contributed by atoms with E-state index in [0.29, 0.717) is 21.2 Å². The van der Waals surface area contributed by atoms with Gasteiger partial charge in [0.25, 0.3) is 0 Å². The summed E-state index contributed by atoms with van der Waals surface area (Å²) in [7, 11) is 0. The molecule has 1 atom stereocenters. The number of ether oxygens (including phenoxy) is 2. The maximum Gasteiger partial charge on any atom is 0.343 e. The van der Waals surface area contributed by atoms with Crippen molar-refractivity contribution < 1.29 is 33.9 Å². The van der Waals surface area contributed by atoms with Crippen molar-refractivity contribution in [2.75, 3.05) is 0 Å². The lowest BCUT2D eigenvalue weighted by atomic mass is 10.1. The summed E-state index contributed by atoms with van der Waals surface area (Å²) in [5, 5.41) is 19.2. The van der Waals surface area contributed by atoms with E-state index in [0.717, 1.165) is 0 Å². The molecule has 0 radical (unpaired) electrons. The Hall–Kier alpha value is -2.72. The first-order valence-electron chi connectivity index (χ1n) is 8.66. The maximum absolute atomic E-state index is 12.4. The van der Waals surface area contributed by atoms with Crippen molar-refractivity contribution in [3.8, 4) is 5.75 Å². The second-order valence-corrected chi connectivity index (χ2v) is 7.39. The molecule has 8 nitrogen and oxygen atoms in total. The number of nitrogens with one attached hydrogen (secondary N) is 1. The second kappa shape index (κ2) is 8.34. The second-order valence-electron chi connectivity index (χ2n) is 6.54. The highest BCUT2D eigenvalue weighted by Gasteiger charge is 2.23. The normalized spacial score (nSPS) is 12.2. The average molecular weight is 464 g/mol. The summed E-state index contributed by atoms with van der Waals surface area (Å²) in [6, 6.07) is 8.49. The van der Waals surface area contributed by atoms with Crippen molar-refractivity contribution in [1.82, 2.24) is 0 Å². The lowest BCUT2D eigenvalue weighted by Crippen LogP contribution is -2.99. The number of esters is 2. The third kappa shape index (κ3) is 4.48. The van der Waals surface area contributed by atoms with Crippen molar-refractivity contribution in [2.24, 2.45) is 0 Å². The standard InChI is InChI=1S/C20H18BrNO7/c1-10(2)27-20(24)18-11(3)28-16-9-15(21)17(8-14(16)18)29-19(23)12-4-6-13(7-5-12)22(25)26/h4-10,22,25H,1-3H3. The van der Waals surface area contributed by atoms with Crippen LogP contribution in [0.1, 0.15) is 40.3 Å². The zero-order valence-electron chi connectivity index (χ0n) is 15.8. The first-order valence-corrected chi connectivity index (χ1v) is 9.46. The number of quaternary nitrogens is 1. The van der Waals surface area contributed by atoms with Crippen LogP contribution in [0.3, 0.4) is 0 Å². The van der Waals surface area contributed by atoms with Crippen molar-refractivity contribution in [3.05, 3.63) is 63.0 Å². The third-order valence-corrected chi connectivity index (χ3v) is 4.66. The molecule has 2 N–H and O–H groups in total. The largest absolute Gasteiger partial charge is 0.595 e. The Bertz CT molecular complexity index is 1070. The predicted octanol–water partition coefficient (Wildman–Crippen LogP) is 3.69. The van der Waals surface area contributed by atoms with Gasteiger partial charge in [-0.3, -0.25) is 0 Å². The molecule has 0 saturated heterocycles. The van der Waals surface area contributed by atoms with Crippen LogP contribution in [0.4, 0.5) is 5.69 Å². The van der Waals surface area contributed by atoms with Crippen LogP contribution in [0, 0.1) is 12.1 Å². The number of fused-ring (bicyclic) bond motifs is 1. The first kappa shape index (κ1) is 21.0. The fraction of sp³-hybridized carbons (Fsp3) is 0.200. The Labute approximate surface area is 174 Å². The molecule has 0 aliphatic rings. The Morgan fingerprint density at radius 1 is 1.17 bits per heavy atom. The van der Waals surface area contributed by atoms with Crippen LogP contribution in [0.25, 0.3) is 11.0 Å². The SMILES string of the molecule is Cc1oc2cc(Br)c(OC(=O)c3ccc([NH+]([O-])O)cc3)cc2c1C(=O)OC(C)C. The molecule has 0 bridgehead atoms. The molecule has 152 valence electrons. The first-order chi connectivity index (χ1) is 13.7. The molecule has 0 saturated carbocycles. The van der Waals surface area contributed by atoms with E-state index in [-0.39, 0.29) is 28.7 Å². The van der Waals surface area contributed by atoms with Crippen LogP contribution < -0.4 is 9.96 Å². The van der Waals surface area contributed by atoms with Crippen molar-refractivity contribution in [2.45, 2.75) is 26.9 Å². The smallest absolute Gasteiger partial charge is 0.343 e. The Kier molecular flexibility index (Phi) is 6.04. The Morgan fingerprint density at radius 2 is 1.83 bits per heavy atom. The summed E-state index contributed by atoms with van der Waals surface area (Å²) in [5.74, 6) is -0.622. The Morgan fingerprint density at radius 3 is 2.41 bits per heavy atom. The van der Waals surface area contributed by atoms with Gasteiger partial charge in [-0.05, 0) is 61.0 Å². The summed E-state index contributed by atoms with van der Waals surface area (Å²) < 4.78 is 16.8. The molecule has 0 aliphatic heterocycles. The van der Waals surface area contributed by atoms with Crippen LogP contribution >= 0.6 is 15.9 Å². The number of aryl methyl sites for hydroxylation is 1. The third-order valence-electron chi connectivity index (χ3n) is 4.04. The van der Waals surface area contributed by atoms with Gasteiger partial charge in [0.2, 0.25) is 0 Å². The van der Waals surface area contributed by atoms with Gasteiger partial charge in [0.1, 0.15) is 22.7 Å². The van der Waals surface area contributed by atoms with Gasteiger partial charge >= 0.3 is 11.9 Å². The number of carbonyl (C=O) groups is 2. The molecular weight excluding hydrogens is 446 g/mol. The van der Waals surface area contributed by atoms with Crippen molar-refractivity contribution in [3.63, 3.8) is 0 Å². The van der Waals surface area contributed by atoms with Gasteiger partial charge in [-0.15, -0.1) is 0 Å². The van der Waals surface area contributed by atoms with Crippen LogP contribution in [-0.2, 0) is 4.74 Å². The minimum Gasteiger partial charge on any atom is -0.595 e. The number of rotatable bonds is 5. The minimum atomic E-state index is -1.09. The molecule has 9 heteroatoms. The fourth-order valence-corrected chi connectivity index (χ4v) is 3.14. The summed E-state index contributed by atoms with van der Waals surface area (Å²) in [5.41, 5.74) is 0.955. The monoisotopic (exact) mass is 463 g/mol. The number of halogens is 1. The number of benzene rings is 2. The van der Waals surface area contributed by atoms with E-state index in [1.54, 1.807) is 26.8 Å². The molecule has 2 aromatic carbocycles. The summed E-state index contributed by atoms with van der Waals surface area (Å²) in [6.07, 6.45) is -0.298. The van der Waals surface area contributed by atoms with Crippen molar-refractivity contribution >= 4 is 44.5 Å². The highest BCUT2D eigenvalue weighted by molar-refractivity contribution is 9.10. The molecule has 29 heavy (non-hydrogen) atoms. The quantitative estimate of drug-likeness (QED) is 0.336. The summed E-state index contributed by atoms with van der Waals surface area (Å²) in [4.78, 5) is 24.9. The van der Waals surface area contributed by atoms with Gasteiger partial charge in [-0.25, -0.2) is 14.8 Å². The molecular formula is C20H18BrNO7. The Balaban J connectivity index is 1.94.